The molecule has 12 nitrogen and oxygen atoms in total. The largest absolute Gasteiger partial charge is 0.453 e. The molecule has 0 bridgehead atoms. The molecule has 3 aromatic carbocycles. The van der Waals surface area contributed by atoms with Crippen molar-refractivity contribution < 1.29 is 27.5 Å². The van der Waals surface area contributed by atoms with Crippen molar-refractivity contribution >= 4 is 39.1 Å². The van der Waals surface area contributed by atoms with Gasteiger partial charge in [0, 0.05) is 43.6 Å². The van der Waals surface area contributed by atoms with E-state index in [2.05, 4.69) is 26.2 Å². The van der Waals surface area contributed by atoms with Gasteiger partial charge in [0.15, 0.2) is 9.84 Å². The predicted octanol–water partition coefficient (Wildman–Crippen LogP) is 4.03. The summed E-state index contributed by atoms with van der Waals surface area (Å²) in [5, 5.41) is 12.6. The predicted molar refractivity (Wildman–Crippen MR) is 197 cm³/mol. The summed E-state index contributed by atoms with van der Waals surface area (Å²) in [6, 6.07) is 22.6. The summed E-state index contributed by atoms with van der Waals surface area (Å²) < 4.78 is 28.1. The van der Waals surface area contributed by atoms with E-state index in [1.165, 1.54) is 7.11 Å². The van der Waals surface area contributed by atoms with Gasteiger partial charge in [0.05, 0.1) is 30.4 Å². The maximum atomic E-state index is 13.5. The Morgan fingerprint density at radius 3 is 2.14 bits per heavy atom. The molecule has 0 aliphatic carbocycles. The molecule has 13 heteroatoms. The van der Waals surface area contributed by atoms with E-state index >= 15 is 0 Å². The highest BCUT2D eigenvalue weighted by Crippen LogP contribution is 2.28. The summed E-state index contributed by atoms with van der Waals surface area (Å²) in [5.74, 6) is 0.00281. The zero-order valence-electron chi connectivity index (χ0n) is 29.2. The van der Waals surface area contributed by atoms with Gasteiger partial charge in [-0.3, -0.25) is 14.5 Å². The van der Waals surface area contributed by atoms with E-state index in [-0.39, 0.29) is 41.4 Å². The lowest BCUT2D eigenvalue weighted by atomic mass is 10.0. The Morgan fingerprint density at radius 1 is 0.882 bits per heavy atom. The molecule has 0 radical (unpaired) electrons. The van der Waals surface area contributed by atoms with Gasteiger partial charge in [-0.25, -0.2) is 13.2 Å². The van der Waals surface area contributed by atoms with E-state index in [1.54, 1.807) is 0 Å². The van der Waals surface area contributed by atoms with Crippen LogP contribution >= 0.6 is 0 Å². The number of anilines is 1. The lowest BCUT2D eigenvalue weighted by molar-refractivity contribution is -0.135. The van der Waals surface area contributed by atoms with Crippen molar-refractivity contribution in [1.82, 2.24) is 25.8 Å². The lowest BCUT2D eigenvalue weighted by Gasteiger charge is -2.34. The monoisotopic (exact) mass is 714 g/mol. The second-order valence-electron chi connectivity index (χ2n) is 13.7. The number of amides is 3. The molecule has 0 aromatic heterocycles. The van der Waals surface area contributed by atoms with Crippen molar-refractivity contribution in [3.63, 3.8) is 0 Å². The second kappa shape index (κ2) is 15.6. The van der Waals surface area contributed by atoms with E-state index in [4.69, 9.17) is 4.74 Å². The Kier molecular flexibility index (Phi) is 11.0. The van der Waals surface area contributed by atoms with E-state index in [9.17, 15) is 22.8 Å². The summed E-state index contributed by atoms with van der Waals surface area (Å²) >= 11 is 0. The number of carbonyl (C=O) groups excluding carboxylic acids is 3. The first-order valence-corrected chi connectivity index (χ1v) is 19.2. The van der Waals surface area contributed by atoms with E-state index in [1.807, 2.05) is 97.7 Å². The van der Waals surface area contributed by atoms with Crippen molar-refractivity contribution in [1.29, 1.82) is 0 Å². The van der Waals surface area contributed by atoms with Crippen LogP contribution in [0.25, 0.3) is 16.8 Å². The summed E-state index contributed by atoms with van der Waals surface area (Å²) in [6.07, 6.45) is 2.90. The van der Waals surface area contributed by atoms with Crippen LogP contribution in [-0.2, 0) is 25.9 Å². The molecule has 51 heavy (non-hydrogen) atoms. The molecule has 3 amide bonds. The maximum absolute atomic E-state index is 13.5. The number of nitrogens with one attached hydrogen (secondary N) is 4. The topological polar surface area (TPSA) is 149 Å². The van der Waals surface area contributed by atoms with Crippen molar-refractivity contribution in [3.8, 4) is 11.1 Å². The third-order valence-corrected chi connectivity index (χ3v) is 11.4. The minimum atomic E-state index is -2.91. The number of sulfone groups is 1. The third kappa shape index (κ3) is 8.71. The van der Waals surface area contributed by atoms with Gasteiger partial charge in [-0.05, 0) is 65.3 Å². The van der Waals surface area contributed by atoms with Gasteiger partial charge in [0.2, 0.25) is 5.91 Å². The van der Waals surface area contributed by atoms with E-state index in [0.717, 1.165) is 40.8 Å². The minimum Gasteiger partial charge on any atom is -0.453 e. The highest BCUT2D eigenvalue weighted by atomic mass is 32.2. The molecule has 3 aliphatic rings. The standard InChI is InChI=1S/C38H46N6O6S/c1-25(2)34(42-38(47)50-3)37(46)44-18-4-5-33(44)35-39-23-32(41-35)29-12-8-27(9-13-29)28-10-14-30(15-11-28)36(45)40-31-16-6-26(7-17-31)24-43-19-21-51(48,49)22-20-43/h6-17,23,25,33-35,39,41H,4-5,18-22,24H2,1-3H3,(H,40,45)(H,42,47)/t33-,34-,35?/m0/s1. The highest BCUT2D eigenvalue weighted by molar-refractivity contribution is 7.91. The van der Waals surface area contributed by atoms with Crippen LogP contribution in [0.15, 0.2) is 79.0 Å². The fourth-order valence-electron chi connectivity index (χ4n) is 6.81. The number of rotatable bonds is 10. The number of hydrogen-bond donors (Lipinski definition) is 4. The van der Waals surface area contributed by atoms with Crippen LogP contribution in [0, 0.1) is 5.92 Å². The van der Waals surface area contributed by atoms with E-state index in [0.29, 0.717) is 37.4 Å². The lowest BCUT2D eigenvalue weighted by Crippen LogP contribution is -2.57. The molecule has 3 heterocycles. The smallest absolute Gasteiger partial charge is 0.407 e. The van der Waals surface area contributed by atoms with Crippen LogP contribution in [0.1, 0.15) is 48.2 Å². The molecule has 0 saturated carbocycles. The van der Waals surface area contributed by atoms with Crippen LogP contribution < -0.4 is 21.3 Å². The van der Waals surface area contributed by atoms with Crippen LogP contribution in [0.5, 0.6) is 0 Å². The maximum Gasteiger partial charge on any atom is 0.407 e. The molecule has 3 aliphatic heterocycles. The molecule has 3 aromatic rings. The number of methoxy groups -OCH3 is 1. The summed E-state index contributed by atoms with van der Waals surface area (Å²) in [5.41, 5.74) is 6.24. The van der Waals surface area contributed by atoms with Gasteiger partial charge in [0.1, 0.15) is 12.2 Å². The van der Waals surface area contributed by atoms with Gasteiger partial charge < -0.3 is 30.9 Å². The first-order valence-electron chi connectivity index (χ1n) is 17.4. The number of nitrogens with zero attached hydrogens (tertiary/aromatic N) is 2. The van der Waals surface area contributed by atoms with Gasteiger partial charge in [-0.15, -0.1) is 0 Å². The molecule has 2 fully saturated rings. The van der Waals surface area contributed by atoms with Crippen molar-refractivity contribution in [2.45, 2.75) is 51.5 Å². The van der Waals surface area contributed by atoms with E-state index < -0.39 is 22.0 Å². The number of hydrogen-bond acceptors (Lipinski definition) is 9. The first-order chi connectivity index (χ1) is 24.5. The van der Waals surface area contributed by atoms with Crippen molar-refractivity contribution in [3.05, 3.63) is 95.7 Å². The Hall–Kier alpha value is -4.88. The number of ether oxygens (including phenoxy) is 1. The Morgan fingerprint density at radius 2 is 1.51 bits per heavy atom. The van der Waals surface area contributed by atoms with Crippen molar-refractivity contribution in [2.24, 2.45) is 5.92 Å². The zero-order chi connectivity index (χ0) is 36.1. The Bertz CT molecular complexity index is 1850. The molecular weight excluding hydrogens is 669 g/mol. The number of carbonyl (C=O) groups is 3. The molecular formula is C38H46N6O6S. The van der Waals surface area contributed by atoms with Crippen LogP contribution in [0.4, 0.5) is 10.5 Å². The fourth-order valence-corrected chi connectivity index (χ4v) is 8.09. The summed E-state index contributed by atoms with van der Waals surface area (Å²) in [6.45, 7) is 6.20. The van der Waals surface area contributed by atoms with Gasteiger partial charge >= 0.3 is 6.09 Å². The van der Waals surface area contributed by atoms with Crippen molar-refractivity contribution in [2.75, 3.05) is 43.6 Å². The van der Waals surface area contributed by atoms with Crippen LogP contribution in [0.3, 0.4) is 0 Å². The number of alkyl carbamates (subject to hydrolysis) is 1. The average Bonchev–Trinajstić information content (AvgIpc) is 3.83. The summed E-state index contributed by atoms with van der Waals surface area (Å²) in [4.78, 5) is 42.4. The normalized spacial score (nSPS) is 20.5. The van der Waals surface area contributed by atoms with Crippen LogP contribution in [-0.4, -0.2) is 92.6 Å². The van der Waals surface area contributed by atoms with Gasteiger partial charge in [-0.1, -0.05) is 62.4 Å². The Labute approximate surface area is 299 Å². The zero-order valence-corrected chi connectivity index (χ0v) is 30.0. The van der Waals surface area contributed by atoms with Gasteiger partial charge in [-0.2, -0.15) is 0 Å². The second-order valence-corrected chi connectivity index (χ2v) is 16.0. The molecule has 270 valence electrons. The highest BCUT2D eigenvalue weighted by Gasteiger charge is 2.40. The molecule has 6 rings (SSSR count). The number of likely N-dealkylation sites (tertiary alicyclic amines) is 1. The van der Waals surface area contributed by atoms with Gasteiger partial charge in [0.25, 0.3) is 5.91 Å². The fraction of sp³-hybridized carbons (Fsp3) is 0.395. The molecule has 2 saturated heterocycles. The molecule has 0 spiro atoms. The average molecular weight is 715 g/mol. The SMILES string of the molecule is COC(=O)N[C@H](C(=O)N1CCC[C@H]1C1NC=C(c2ccc(-c3ccc(C(=O)Nc4ccc(CN5CCS(=O)(=O)CC5)cc4)cc3)cc2)N1)C(C)C. The Balaban J connectivity index is 1.01. The first kappa shape index (κ1) is 35.9. The molecule has 4 N–H and O–H groups in total. The van der Waals surface area contributed by atoms with Crippen LogP contribution in [0.2, 0.25) is 0 Å². The quantitative estimate of drug-likeness (QED) is 0.244. The number of benzene rings is 3. The molecule has 3 atom stereocenters. The third-order valence-electron chi connectivity index (χ3n) is 9.81. The minimum absolute atomic E-state index is 0.0734. The molecule has 1 unspecified atom stereocenters. The summed E-state index contributed by atoms with van der Waals surface area (Å²) in [7, 11) is -1.62.